The van der Waals surface area contributed by atoms with Crippen LogP contribution in [0, 0.1) is 0 Å². The van der Waals surface area contributed by atoms with Gasteiger partial charge in [0.25, 0.3) is 0 Å². The van der Waals surface area contributed by atoms with Gasteiger partial charge in [0, 0.05) is 11.8 Å². The lowest BCUT2D eigenvalue weighted by molar-refractivity contribution is 0.595. The lowest BCUT2D eigenvalue weighted by atomic mass is 10.2. The summed E-state index contributed by atoms with van der Waals surface area (Å²) in [7, 11) is 0. The number of nitrogens with zero attached hydrogens (tertiary/aromatic N) is 2. The number of thioether (sulfide) groups is 1. The first kappa shape index (κ1) is 13.4. The second kappa shape index (κ2) is 5.43. The third kappa shape index (κ3) is 2.67. The number of hydrogen-bond donors (Lipinski definition) is 1. The van der Waals surface area contributed by atoms with Gasteiger partial charge in [0.05, 0.1) is 21.1 Å². The second-order valence-corrected chi connectivity index (χ2v) is 7.05. The summed E-state index contributed by atoms with van der Waals surface area (Å²) in [6, 6.07) is 3.64. The molecule has 1 aliphatic heterocycles. The minimum absolute atomic E-state index is 0.519. The fourth-order valence-corrected chi connectivity index (χ4v) is 4.09. The summed E-state index contributed by atoms with van der Waals surface area (Å²) in [5.41, 5.74) is 7.81. The van der Waals surface area contributed by atoms with Crippen molar-refractivity contribution in [1.29, 1.82) is 0 Å². The van der Waals surface area contributed by atoms with Crippen molar-refractivity contribution >= 4 is 51.9 Å². The minimum Gasteiger partial charge on any atom is -0.369 e. The first-order valence-corrected chi connectivity index (χ1v) is 8.18. The Kier molecular flexibility index (Phi) is 3.83. The quantitative estimate of drug-likeness (QED) is 0.902. The van der Waals surface area contributed by atoms with Crippen molar-refractivity contribution in [3.63, 3.8) is 0 Å². The van der Waals surface area contributed by atoms with Gasteiger partial charge in [-0.25, -0.2) is 4.98 Å². The molecule has 2 heterocycles. The Balaban J connectivity index is 1.97. The van der Waals surface area contributed by atoms with Crippen molar-refractivity contribution in [2.75, 3.05) is 11.5 Å². The van der Waals surface area contributed by atoms with Crippen LogP contribution >= 0.6 is 35.0 Å². The molecule has 0 amide bonds. The molecule has 3 rings (SSSR count). The van der Waals surface area contributed by atoms with Crippen LogP contribution in [0.5, 0.6) is 0 Å². The number of fused-ring (bicyclic) bond motifs is 1. The van der Waals surface area contributed by atoms with Gasteiger partial charge in [0.1, 0.15) is 0 Å². The second-order valence-electron chi connectivity index (χ2n) is 4.82. The minimum atomic E-state index is 0.519. The molecule has 3 nitrogen and oxygen atoms in total. The highest BCUT2D eigenvalue weighted by atomic mass is 35.5. The van der Waals surface area contributed by atoms with Crippen molar-refractivity contribution in [2.45, 2.75) is 31.1 Å². The van der Waals surface area contributed by atoms with Gasteiger partial charge in [-0.1, -0.05) is 29.6 Å². The molecule has 1 aromatic heterocycles. The molecule has 1 unspecified atom stereocenters. The molecule has 2 N–H and O–H groups in total. The van der Waals surface area contributed by atoms with Crippen LogP contribution in [-0.4, -0.2) is 20.6 Å². The van der Waals surface area contributed by atoms with Gasteiger partial charge >= 0.3 is 0 Å². The van der Waals surface area contributed by atoms with E-state index in [0.29, 0.717) is 21.2 Å². The van der Waals surface area contributed by atoms with Crippen molar-refractivity contribution in [1.82, 2.24) is 9.55 Å². The van der Waals surface area contributed by atoms with Gasteiger partial charge in [0.15, 0.2) is 0 Å². The molecule has 0 aliphatic carbocycles. The average molecular weight is 316 g/mol. The van der Waals surface area contributed by atoms with E-state index in [0.717, 1.165) is 17.6 Å². The number of imidazole rings is 1. The van der Waals surface area contributed by atoms with Crippen molar-refractivity contribution in [3.8, 4) is 0 Å². The maximum atomic E-state index is 6.09. The van der Waals surface area contributed by atoms with Crippen molar-refractivity contribution < 1.29 is 0 Å². The number of halogens is 2. The largest absolute Gasteiger partial charge is 0.369 e. The Labute approximate surface area is 126 Å². The number of hydrogen-bond acceptors (Lipinski definition) is 3. The van der Waals surface area contributed by atoms with Gasteiger partial charge in [-0.2, -0.15) is 11.8 Å². The lowest BCUT2D eigenvalue weighted by Crippen LogP contribution is -2.18. The van der Waals surface area contributed by atoms with E-state index >= 15 is 0 Å². The zero-order chi connectivity index (χ0) is 13.4. The van der Waals surface area contributed by atoms with E-state index in [4.69, 9.17) is 28.9 Å². The number of anilines is 1. The molecule has 0 spiro atoms. The Hall–Kier alpha value is -0.580. The summed E-state index contributed by atoms with van der Waals surface area (Å²) in [6.45, 7) is 0.894. The lowest BCUT2D eigenvalue weighted by Gasteiger charge is -2.22. The van der Waals surface area contributed by atoms with Crippen LogP contribution in [0.2, 0.25) is 10.0 Å². The van der Waals surface area contributed by atoms with E-state index in [9.17, 15) is 0 Å². The molecular weight excluding hydrogens is 301 g/mol. The highest BCUT2D eigenvalue weighted by Gasteiger charge is 2.18. The number of nitrogens with two attached hydrogens (primary N) is 1. The Morgan fingerprint density at radius 3 is 2.84 bits per heavy atom. The third-order valence-corrected chi connectivity index (χ3v) is 5.58. The van der Waals surface area contributed by atoms with Crippen LogP contribution < -0.4 is 5.73 Å². The first-order chi connectivity index (χ1) is 9.15. The fourth-order valence-electron chi connectivity index (χ4n) is 2.49. The highest BCUT2D eigenvalue weighted by Crippen LogP contribution is 2.32. The number of nitrogen functional groups attached to an aromatic ring is 1. The van der Waals surface area contributed by atoms with Crippen molar-refractivity contribution in [3.05, 3.63) is 22.2 Å². The monoisotopic (exact) mass is 315 g/mol. The Morgan fingerprint density at radius 1 is 1.32 bits per heavy atom. The van der Waals surface area contributed by atoms with E-state index < -0.39 is 0 Å². The summed E-state index contributed by atoms with van der Waals surface area (Å²) in [4.78, 5) is 4.37. The molecule has 1 aliphatic rings. The van der Waals surface area contributed by atoms with Crippen LogP contribution in [0.3, 0.4) is 0 Å². The topological polar surface area (TPSA) is 43.8 Å². The zero-order valence-corrected chi connectivity index (χ0v) is 12.7. The predicted molar refractivity (Wildman–Crippen MR) is 84.3 cm³/mol. The summed E-state index contributed by atoms with van der Waals surface area (Å²) >= 11 is 14.1. The number of benzene rings is 1. The Bertz CT molecular complexity index is 605. The predicted octanol–water partition coefficient (Wildman–Crippen LogP) is 4.21. The molecule has 0 bridgehead atoms. The van der Waals surface area contributed by atoms with E-state index in [1.54, 1.807) is 6.07 Å². The SMILES string of the molecule is Nc1nc2cc(Cl)c(Cl)cc2n1CC1CCCCS1. The number of aromatic nitrogens is 2. The van der Waals surface area contributed by atoms with E-state index in [2.05, 4.69) is 9.55 Å². The van der Waals surface area contributed by atoms with E-state index in [1.807, 2.05) is 17.8 Å². The number of rotatable bonds is 2. The van der Waals surface area contributed by atoms with Gasteiger partial charge < -0.3 is 10.3 Å². The third-order valence-electron chi connectivity index (χ3n) is 3.48. The molecule has 0 radical (unpaired) electrons. The maximum Gasteiger partial charge on any atom is 0.201 e. The molecule has 1 atom stereocenters. The summed E-state index contributed by atoms with van der Waals surface area (Å²) in [5.74, 6) is 1.78. The van der Waals surface area contributed by atoms with Crippen LogP contribution in [0.4, 0.5) is 5.95 Å². The maximum absolute atomic E-state index is 6.09. The molecular formula is C13H15Cl2N3S. The molecule has 1 aromatic carbocycles. The highest BCUT2D eigenvalue weighted by molar-refractivity contribution is 7.99. The molecule has 102 valence electrons. The standard InChI is InChI=1S/C13H15Cl2N3S/c14-9-5-11-12(6-10(9)15)18(13(16)17-11)7-8-3-1-2-4-19-8/h5-6,8H,1-4,7H2,(H2,16,17). The summed E-state index contributed by atoms with van der Waals surface area (Å²) < 4.78 is 2.06. The molecule has 2 aromatic rings. The fraction of sp³-hybridized carbons (Fsp3) is 0.462. The molecule has 19 heavy (non-hydrogen) atoms. The van der Waals surface area contributed by atoms with Crippen LogP contribution in [-0.2, 0) is 6.54 Å². The summed E-state index contributed by atoms with van der Waals surface area (Å²) in [5, 5.41) is 1.68. The smallest absolute Gasteiger partial charge is 0.201 e. The molecule has 1 fully saturated rings. The van der Waals surface area contributed by atoms with Gasteiger partial charge in [-0.3, -0.25) is 0 Å². The van der Waals surface area contributed by atoms with Gasteiger partial charge in [-0.05, 0) is 30.7 Å². The van der Waals surface area contributed by atoms with Crippen molar-refractivity contribution in [2.24, 2.45) is 0 Å². The molecule has 6 heteroatoms. The van der Waals surface area contributed by atoms with Gasteiger partial charge in [0.2, 0.25) is 5.95 Å². The zero-order valence-electron chi connectivity index (χ0n) is 10.4. The van der Waals surface area contributed by atoms with Crippen LogP contribution in [0.25, 0.3) is 11.0 Å². The van der Waals surface area contributed by atoms with Crippen LogP contribution in [0.1, 0.15) is 19.3 Å². The average Bonchev–Trinajstić information content (AvgIpc) is 2.68. The van der Waals surface area contributed by atoms with E-state index in [-0.39, 0.29) is 0 Å². The summed E-state index contributed by atoms with van der Waals surface area (Å²) in [6.07, 6.45) is 3.87. The van der Waals surface area contributed by atoms with Crippen LogP contribution in [0.15, 0.2) is 12.1 Å². The molecule has 1 saturated heterocycles. The first-order valence-electron chi connectivity index (χ1n) is 6.37. The normalized spacial score (nSPS) is 20.0. The van der Waals surface area contributed by atoms with E-state index in [1.165, 1.54) is 25.0 Å². The molecule has 0 saturated carbocycles. The Morgan fingerprint density at radius 2 is 2.11 bits per heavy atom. The van der Waals surface area contributed by atoms with Gasteiger partial charge in [-0.15, -0.1) is 0 Å².